The number of nitrogens with one attached hydrogen (secondary N) is 1. The predicted molar refractivity (Wildman–Crippen MR) is 104 cm³/mol. The Labute approximate surface area is 163 Å². The van der Waals surface area contributed by atoms with Crippen LogP contribution in [0, 0.1) is 17.8 Å². The highest BCUT2D eigenvalue weighted by molar-refractivity contribution is 8.00. The summed E-state index contributed by atoms with van der Waals surface area (Å²) in [6.45, 7) is 1.95. The normalized spacial score (nSPS) is 32.4. The van der Waals surface area contributed by atoms with Gasteiger partial charge in [0.15, 0.2) is 0 Å². The van der Waals surface area contributed by atoms with E-state index in [2.05, 4.69) is 20.8 Å². The van der Waals surface area contributed by atoms with E-state index in [1.54, 1.807) is 4.68 Å². The van der Waals surface area contributed by atoms with Gasteiger partial charge in [-0.2, -0.15) is 4.68 Å². The maximum Gasteiger partial charge on any atom is 0.233 e. The molecule has 4 aliphatic carbocycles. The molecule has 1 aromatic heterocycles. The van der Waals surface area contributed by atoms with Gasteiger partial charge in [-0.25, -0.2) is 0 Å². The zero-order valence-corrected chi connectivity index (χ0v) is 16.4. The smallest absolute Gasteiger partial charge is 0.233 e. The molecule has 1 aromatic carbocycles. The van der Waals surface area contributed by atoms with Gasteiger partial charge in [-0.3, -0.25) is 4.79 Å². The lowest BCUT2D eigenvalue weighted by molar-refractivity contribution is -0.126. The van der Waals surface area contributed by atoms with Gasteiger partial charge in [0.2, 0.25) is 11.1 Å². The van der Waals surface area contributed by atoms with Crippen molar-refractivity contribution in [3.05, 3.63) is 30.3 Å². The second-order valence-corrected chi connectivity index (χ2v) is 9.96. The van der Waals surface area contributed by atoms with E-state index in [1.807, 2.05) is 37.3 Å². The maximum absolute atomic E-state index is 13.0. The van der Waals surface area contributed by atoms with E-state index in [-0.39, 0.29) is 16.7 Å². The Bertz CT molecular complexity index is 801. The molecule has 0 radical (unpaired) electrons. The number of nitrogens with zero attached hydrogens (tertiary/aromatic N) is 4. The minimum absolute atomic E-state index is 0.0476. The summed E-state index contributed by atoms with van der Waals surface area (Å²) in [5.41, 5.74) is 0.949. The quantitative estimate of drug-likeness (QED) is 0.803. The van der Waals surface area contributed by atoms with Crippen LogP contribution in [0.3, 0.4) is 0 Å². The standard InChI is InChI=1S/C20H25N5OS/c1-13(27-19-22-23-24-25(19)17-5-3-2-4-6-17)18(26)21-20-10-14-7-15(11-20)9-16(8-14)12-20/h2-6,13-16H,7-12H2,1H3,(H,21,26)/t13-,14?,15?,16?,20?/m1/s1. The van der Waals surface area contributed by atoms with Gasteiger partial charge in [0, 0.05) is 5.54 Å². The van der Waals surface area contributed by atoms with Crippen molar-refractivity contribution >= 4 is 17.7 Å². The molecule has 4 bridgehead atoms. The summed E-state index contributed by atoms with van der Waals surface area (Å²) in [7, 11) is 0. The molecular weight excluding hydrogens is 358 g/mol. The molecule has 0 saturated heterocycles. The zero-order chi connectivity index (χ0) is 18.4. The number of carbonyl (C=O) groups excluding carboxylic acids is 1. The fraction of sp³-hybridized carbons (Fsp3) is 0.600. The SMILES string of the molecule is C[C@@H](Sc1nnnn1-c1ccccc1)C(=O)NC12CC3CC(CC(C3)C1)C2. The second-order valence-electron chi connectivity index (χ2n) is 8.66. The Hall–Kier alpha value is -1.89. The molecule has 1 atom stereocenters. The van der Waals surface area contributed by atoms with Crippen molar-refractivity contribution in [3.63, 3.8) is 0 Å². The third-order valence-electron chi connectivity index (χ3n) is 6.52. The highest BCUT2D eigenvalue weighted by Gasteiger charge is 2.51. The molecule has 1 N–H and O–H groups in total. The lowest BCUT2D eigenvalue weighted by atomic mass is 9.53. The Morgan fingerprint density at radius 3 is 2.41 bits per heavy atom. The molecule has 7 heteroatoms. The average molecular weight is 384 g/mol. The molecule has 27 heavy (non-hydrogen) atoms. The molecule has 4 fully saturated rings. The van der Waals surface area contributed by atoms with Crippen LogP contribution in [0.15, 0.2) is 35.5 Å². The summed E-state index contributed by atoms with van der Waals surface area (Å²) in [5.74, 6) is 2.59. The van der Waals surface area contributed by atoms with Crippen LogP contribution in [0.4, 0.5) is 0 Å². The number of hydrogen-bond donors (Lipinski definition) is 1. The largest absolute Gasteiger partial charge is 0.350 e. The first-order valence-corrected chi connectivity index (χ1v) is 10.8. The van der Waals surface area contributed by atoms with E-state index in [1.165, 1.54) is 50.3 Å². The lowest BCUT2D eigenvalue weighted by Crippen LogP contribution is -2.60. The highest BCUT2D eigenvalue weighted by atomic mass is 32.2. The average Bonchev–Trinajstić information content (AvgIpc) is 3.09. The van der Waals surface area contributed by atoms with E-state index in [4.69, 9.17) is 0 Å². The molecule has 0 aliphatic heterocycles. The summed E-state index contributed by atoms with van der Waals surface area (Å²) in [4.78, 5) is 13.0. The number of rotatable bonds is 5. The molecule has 1 amide bonds. The van der Waals surface area contributed by atoms with E-state index >= 15 is 0 Å². The monoisotopic (exact) mass is 383 g/mol. The van der Waals surface area contributed by atoms with E-state index < -0.39 is 0 Å². The minimum atomic E-state index is -0.230. The Kier molecular flexibility index (Phi) is 4.22. The van der Waals surface area contributed by atoms with Gasteiger partial charge < -0.3 is 5.32 Å². The maximum atomic E-state index is 13.0. The number of carbonyl (C=O) groups is 1. The number of hydrogen-bond acceptors (Lipinski definition) is 5. The molecule has 4 saturated carbocycles. The van der Waals surface area contributed by atoms with Crippen molar-refractivity contribution in [3.8, 4) is 5.69 Å². The molecular formula is C20H25N5OS. The first-order valence-electron chi connectivity index (χ1n) is 9.93. The van der Waals surface area contributed by atoms with Crippen molar-refractivity contribution < 1.29 is 4.79 Å². The summed E-state index contributed by atoms with van der Waals surface area (Å²) in [5, 5.41) is 15.9. The van der Waals surface area contributed by atoms with Crippen LogP contribution < -0.4 is 5.32 Å². The van der Waals surface area contributed by atoms with Crippen LogP contribution in [-0.4, -0.2) is 36.9 Å². The van der Waals surface area contributed by atoms with Gasteiger partial charge in [-0.1, -0.05) is 30.0 Å². The van der Waals surface area contributed by atoms with Crippen LogP contribution in [0.2, 0.25) is 0 Å². The van der Waals surface area contributed by atoms with Gasteiger partial charge in [0.05, 0.1) is 10.9 Å². The Morgan fingerprint density at radius 2 is 1.78 bits per heavy atom. The molecule has 6 rings (SSSR count). The second kappa shape index (κ2) is 6.62. The number of tetrazole rings is 1. The summed E-state index contributed by atoms with van der Waals surface area (Å²) < 4.78 is 1.69. The molecule has 6 nitrogen and oxygen atoms in total. The van der Waals surface area contributed by atoms with E-state index in [9.17, 15) is 4.79 Å². The van der Waals surface area contributed by atoms with Crippen LogP contribution >= 0.6 is 11.8 Å². The van der Waals surface area contributed by atoms with Gasteiger partial charge in [0.1, 0.15) is 0 Å². The molecule has 0 spiro atoms. The summed E-state index contributed by atoms with van der Waals surface area (Å²) in [6, 6.07) is 9.78. The first kappa shape index (κ1) is 17.2. The van der Waals surface area contributed by atoms with Crippen LogP contribution in [0.25, 0.3) is 5.69 Å². The number of amides is 1. The van der Waals surface area contributed by atoms with Crippen LogP contribution in [0.1, 0.15) is 45.4 Å². The first-order chi connectivity index (χ1) is 13.1. The third kappa shape index (κ3) is 3.26. The Morgan fingerprint density at radius 1 is 1.15 bits per heavy atom. The van der Waals surface area contributed by atoms with Crippen molar-refractivity contribution in [1.82, 2.24) is 25.5 Å². The minimum Gasteiger partial charge on any atom is -0.350 e. The number of para-hydroxylation sites is 1. The van der Waals surface area contributed by atoms with Gasteiger partial charge in [-0.05, 0) is 85.8 Å². The summed E-state index contributed by atoms with van der Waals surface area (Å²) in [6.07, 6.45) is 7.65. The Balaban J connectivity index is 1.28. The number of benzene rings is 1. The molecule has 0 unspecified atom stereocenters. The molecule has 142 valence electrons. The summed E-state index contributed by atoms with van der Waals surface area (Å²) >= 11 is 1.42. The predicted octanol–water partition coefficient (Wildman–Crippen LogP) is 3.23. The van der Waals surface area contributed by atoms with Crippen molar-refractivity contribution in [2.45, 2.75) is 61.4 Å². The highest BCUT2D eigenvalue weighted by Crippen LogP contribution is 2.55. The zero-order valence-electron chi connectivity index (χ0n) is 15.5. The fourth-order valence-corrected chi connectivity index (χ4v) is 6.63. The molecule has 1 heterocycles. The molecule has 2 aromatic rings. The van der Waals surface area contributed by atoms with Crippen molar-refractivity contribution in [2.24, 2.45) is 17.8 Å². The number of aromatic nitrogens is 4. The van der Waals surface area contributed by atoms with E-state index in [0.29, 0.717) is 5.16 Å². The van der Waals surface area contributed by atoms with Crippen molar-refractivity contribution in [2.75, 3.05) is 0 Å². The van der Waals surface area contributed by atoms with Crippen LogP contribution in [0.5, 0.6) is 0 Å². The molecule has 4 aliphatic rings. The van der Waals surface area contributed by atoms with Crippen molar-refractivity contribution in [1.29, 1.82) is 0 Å². The van der Waals surface area contributed by atoms with Gasteiger partial charge >= 0.3 is 0 Å². The lowest BCUT2D eigenvalue weighted by Gasteiger charge is -2.57. The van der Waals surface area contributed by atoms with Gasteiger partial charge in [0.25, 0.3) is 0 Å². The number of thioether (sulfide) groups is 1. The van der Waals surface area contributed by atoms with Gasteiger partial charge in [-0.15, -0.1) is 5.10 Å². The third-order valence-corrected chi connectivity index (χ3v) is 7.55. The van der Waals surface area contributed by atoms with Crippen LogP contribution in [-0.2, 0) is 4.79 Å². The fourth-order valence-electron chi connectivity index (χ4n) is 5.82. The topological polar surface area (TPSA) is 72.7 Å². The van der Waals surface area contributed by atoms with E-state index in [0.717, 1.165) is 23.4 Å².